The van der Waals surface area contributed by atoms with Gasteiger partial charge in [0.1, 0.15) is 24.2 Å². The number of nitrogens with one attached hydrogen (secondary N) is 5. The smallest absolute Gasteiger partial charge is 0.326 e. The van der Waals surface area contributed by atoms with E-state index in [-0.39, 0.29) is 12.8 Å². The number of aromatic amines is 1. The number of nitrogens with zero attached hydrogens (tertiary/aromatic N) is 1. The number of carbonyl (C=O) groups is 6. The second-order valence-corrected chi connectivity index (χ2v) is 10.3. The summed E-state index contributed by atoms with van der Waals surface area (Å²) in [6, 6.07) is -6.83. The van der Waals surface area contributed by atoms with Crippen molar-refractivity contribution in [1.29, 1.82) is 0 Å². The van der Waals surface area contributed by atoms with Crippen LogP contribution in [0.15, 0.2) is 12.5 Å². The molecule has 0 aromatic carbocycles. The van der Waals surface area contributed by atoms with Crippen LogP contribution in [0.1, 0.15) is 58.6 Å². The third-order valence-corrected chi connectivity index (χ3v) is 6.76. The Kier molecular flexibility index (Phi) is 15.8. The van der Waals surface area contributed by atoms with Gasteiger partial charge in [0.25, 0.3) is 0 Å². The van der Waals surface area contributed by atoms with E-state index >= 15 is 0 Å². The Labute approximate surface area is 248 Å². The maximum atomic E-state index is 13.4. The van der Waals surface area contributed by atoms with Gasteiger partial charge in [-0.2, -0.15) is 0 Å². The van der Waals surface area contributed by atoms with Crippen LogP contribution >= 0.6 is 0 Å². The van der Waals surface area contributed by atoms with Crippen LogP contribution in [0.3, 0.4) is 0 Å². The van der Waals surface area contributed by atoms with Crippen molar-refractivity contribution in [1.82, 2.24) is 31.2 Å². The number of aliphatic hydroxyl groups is 1. The fourth-order valence-corrected chi connectivity index (χ4v) is 4.00. The first kappa shape index (κ1) is 36.9. The van der Waals surface area contributed by atoms with Gasteiger partial charge in [0.05, 0.1) is 24.9 Å². The molecule has 0 saturated heterocycles. The second-order valence-electron chi connectivity index (χ2n) is 10.3. The summed E-state index contributed by atoms with van der Waals surface area (Å²) in [7, 11) is 0. The number of aromatic nitrogens is 2. The molecule has 7 atom stereocenters. The molecule has 4 amide bonds. The van der Waals surface area contributed by atoms with Crippen LogP contribution < -0.4 is 32.7 Å². The number of nitrogens with two attached hydrogens (primary N) is 2. The molecule has 17 heteroatoms. The average molecular weight is 613 g/mol. The van der Waals surface area contributed by atoms with Crippen LogP contribution in [0.4, 0.5) is 0 Å². The van der Waals surface area contributed by atoms with E-state index < -0.39 is 84.2 Å². The number of aliphatic carboxylic acids is 2. The highest BCUT2D eigenvalue weighted by atomic mass is 16.4. The molecule has 0 radical (unpaired) electrons. The van der Waals surface area contributed by atoms with Gasteiger partial charge >= 0.3 is 11.9 Å². The monoisotopic (exact) mass is 612 g/mol. The SMILES string of the molecule is CC[C@H](C)[C@H](NC(=O)[C@@H](N)CC(=O)O)C(=O)N[C@@H](Cc1cnc[nH]1)C(=O)N[C@H](C(=O)N[C@@H](CCCCN)C(=O)O)[C@@H](C)O. The molecule has 1 heterocycles. The van der Waals surface area contributed by atoms with Crippen LogP contribution in [0.25, 0.3) is 0 Å². The molecular weight excluding hydrogens is 568 g/mol. The summed E-state index contributed by atoms with van der Waals surface area (Å²) in [6.45, 7) is 4.99. The summed E-state index contributed by atoms with van der Waals surface area (Å²) < 4.78 is 0. The molecular formula is C26H44N8O9. The van der Waals surface area contributed by atoms with Crippen LogP contribution in [-0.2, 0) is 35.2 Å². The van der Waals surface area contributed by atoms with Gasteiger partial charge in [-0.15, -0.1) is 0 Å². The highest BCUT2D eigenvalue weighted by Crippen LogP contribution is 2.11. The van der Waals surface area contributed by atoms with E-state index in [0.29, 0.717) is 31.5 Å². The first-order chi connectivity index (χ1) is 20.2. The van der Waals surface area contributed by atoms with E-state index in [1.165, 1.54) is 19.4 Å². The van der Waals surface area contributed by atoms with Gasteiger partial charge < -0.3 is 53.0 Å². The van der Waals surface area contributed by atoms with E-state index in [1.807, 2.05) is 0 Å². The Morgan fingerprint density at radius 3 is 2.02 bits per heavy atom. The first-order valence-electron chi connectivity index (χ1n) is 14.0. The van der Waals surface area contributed by atoms with E-state index in [0.717, 1.165) is 0 Å². The Bertz CT molecular complexity index is 1080. The van der Waals surface area contributed by atoms with Crippen molar-refractivity contribution in [2.24, 2.45) is 17.4 Å². The number of carbonyl (C=O) groups excluding carboxylic acids is 4. The van der Waals surface area contributed by atoms with E-state index in [9.17, 15) is 39.0 Å². The lowest BCUT2D eigenvalue weighted by Gasteiger charge is -2.29. The van der Waals surface area contributed by atoms with Gasteiger partial charge in [-0.3, -0.25) is 24.0 Å². The topological polar surface area (TPSA) is 292 Å². The molecule has 0 unspecified atom stereocenters. The van der Waals surface area contributed by atoms with Crippen molar-refractivity contribution in [2.45, 2.75) is 95.6 Å². The number of amides is 4. The molecule has 242 valence electrons. The van der Waals surface area contributed by atoms with E-state index in [4.69, 9.17) is 16.6 Å². The number of rotatable bonds is 20. The van der Waals surface area contributed by atoms with E-state index in [1.54, 1.807) is 13.8 Å². The van der Waals surface area contributed by atoms with Gasteiger partial charge in [0.2, 0.25) is 23.6 Å². The standard InChI is InChI=1S/C26H44N8O9/c1-4-13(2)20(33-22(38)16(28)10-19(36)37)24(40)32-18(9-15-11-29-12-30-15)23(39)34-21(14(3)35)25(41)31-17(26(42)43)7-5-6-8-27/h11-14,16-18,20-21,35H,4-10,27-28H2,1-3H3,(H,29,30)(H,31,41)(H,32,40)(H,33,38)(H,34,39)(H,36,37)(H,42,43)/t13-,14+,16-,17-,18-,20-,21-/m0/s1. The maximum absolute atomic E-state index is 13.4. The molecule has 0 aliphatic heterocycles. The lowest BCUT2D eigenvalue weighted by molar-refractivity contribution is -0.143. The Hall–Kier alpha value is -4.09. The van der Waals surface area contributed by atoms with Crippen LogP contribution in [0.2, 0.25) is 0 Å². The van der Waals surface area contributed by atoms with Crippen molar-refractivity contribution in [3.63, 3.8) is 0 Å². The number of aliphatic hydroxyl groups excluding tert-OH is 1. The number of H-pyrrole nitrogens is 1. The second kappa shape index (κ2) is 18.4. The number of hydrogen-bond donors (Lipinski definition) is 10. The molecule has 1 aromatic heterocycles. The fraction of sp³-hybridized carbons (Fsp3) is 0.654. The summed E-state index contributed by atoms with van der Waals surface area (Å²) in [4.78, 5) is 81.5. The lowest BCUT2D eigenvalue weighted by atomic mass is 9.97. The molecule has 0 aliphatic rings. The number of unbranched alkanes of at least 4 members (excludes halogenated alkanes) is 1. The minimum absolute atomic E-state index is 0.0795. The van der Waals surface area contributed by atoms with Gasteiger partial charge in [-0.25, -0.2) is 9.78 Å². The zero-order chi connectivity index (χ0) is 32.7. The van der Waals surface area contributed by atoms with Crippen LogP contribution in [0, 0.1) is 5.92 Å². The Morgan fingerprint density at radius 2 is 1.51 bits per heavy atom. The molecule has 0 saturated carbocycles. The normalized spacial score (nSPS) is 16.0. The predicted molar refractivity (Wildman–Crippen MR) is 152 cm³/mol. The minimum Gasteiger partial charge on any atom is -0.481 e. The molecule has 0 fully saturated rings. The number of imidazole rings is 1. The number of hydrogen-bond acceptors (Lipinski definition) is 10. The summed E-state index contributed by atoms with van der Waals surface area (Å²) >= 11 is 0. The third-order valence-electron chi connectivity index (χ3n) is 6.76. The molecule has 0 spiro atoms. The summed E-state index contributed by atoms with van der Waals surface area (Å²) in [6.07, 6.45) is 1.96. The van der Waals surface area contributed by atoms with Crippen molar-refractivity contribution in [3.05, 3.63) is 18.2 Å². The molecule has 0 bridgehead atoms. The summed E-state index contributed by atoms with van der Waals surface area (Å²) in [5.74, 6) is -6.56. The number of carboxylic acid groups (broad SMARTS) is 2. The average Bonchev–Trinajstić information content (AvgIpc) is 3.45. The lowest BCUT2D eigenvalue weighted by Crippen LogP contribution is -2.61. The molecule has 17 nitrogen and oxygen atoms in total. The molecule has 43 heavy (non-hydrogen) atoms. The van der Waals surface area contributed by atoms with Crippen molar-refractivity contribution >= 4 is 35.6 Å². The Morgan fingerprint density at radius 1 is 0.907 bits per heavy atom. The van der Waals surface area contributed by atoms with Crippen molar-refractivity contribution < 1.29 is 44.1 Å². The fourth-order valence-electron chi connectivity index (χ4n) is 4.00. The van der Waals surface area contributed by atoms with Gasteiger partial charge in [0, 0.05) is 18.3 Å². The highest BCUT2D eigenvalue weighted by Gasteiger charge is 2.35. The largest absolute Gasteiger partial charge is 0.481 e. The molecule has 1 aromatic rings. The van der Waals surface area contributed by atoms with Crippen LogP contribution in [-0.4, -0.2) is 104 Å². The number of carboxylic acids is 2. The van der Waals surface area contributed by atoms with Gasteiger partial charge in [-0.05, 0) is 38.6 Å². The summed E-state index contributed by atoms with van der Waals surface area (Å²) in [5.41, 5.74) is 11.5. The molecule has 0 aliphatic carbocycles. The van der Waals surface area contributed by atoms with Crippen molar-refractivity contribution in [3.8, 4) is 0 Å². The van der Waals surface area contributed by atoms with Gasteiger partial charge in [-0.1, -0.05) is 20.3 Å². The zero-order valence-corrected chi connectivity index (χ0v) is 24.5. The highest BCUT2D eigenvalue weighted by molar-refractivity contribution is 5.96. The Balaban J connectivity index is 3.17. The van der Waals surface area contributed by atoms with E-state index in [2.05, 4.69) is 31.2 Å². The maximum Gasteiger partial charge on any atom is 0.326 e. The molecule has 1 rings (SSSR count). The predicted octanol–water partition coefficient (Wildman–Crippen LogP) is -2.67. The summed E-state index contributed by atoms with van der Waals surface area (Å²) in [5, 5.41) is 38.4. The minimum atomic E-state index is -1.58. The third kappa shape index (κ3) is 12.8. The molecule has 12 N–H and O–H groups in total. The van der Waals surface area contributed by atoms with Crippen LogP contribution in [0.5, 0.6) is 0 Å². The van der Waals surface area contributed by atoms with Gasteiger partial charge in [0.15, 0.2) is 0 Å². The first-order valence-corrected chi connectivity index (χ1v) is 14.0. The zero-order valence-electron chi connectivity index (χ0n) is 24.5. The van der Waals surface area contributed by atoms with Crippen molar-refractivity contribution in [2.75, 3.05) is 6.54 Å². The quantitative estimate of drug-likeness (QED) is 0.0675.